The molecule has 0 bridgehead atoms. The summed E-state index contributed by atoms with van der Waals surface area (Å²) in [5, 5.41) is 9.25. The molecule has 6 nitrogen and oxygen atoms in total. The van der Waals surface area contributed by atoms with Gasteiger partial charge in [0.2, 0.25) is 5.91 Å². The van der Waals surface area contributed by atoms with Crippen molar-refractivity contribution in [1.82, 2.24) is 25.3 Å². The summed E-state index contributed by atoms with van der Waals surface area (Å²) in [6.07, 6.45) is -1.29. The van der Waals surface area contributed by atoms with Gasteiger partial charge in [0.05, 0.1) is 10.7 Å². The lowest BCUT2D eigenvalue weighted by atomic mass is 10.2. The molecule has 23 heavy (non-hydrogen) atoms. The monoisotopic (exact) mass is 419 g/mol. The van der Waals surface area contributed by atoms with Gasteiger partial charge in [-0.25, -0.2) is 0 Å². The Morgan fingerprint density at radius 3 is 2.61 bits per heavy atom. The van der Waals surface area contributed by atoms with Crippen molar-refractivity contribution in [2.24, 2.45) is 0 Å². The van der Waals surface area contributed by atoms with E-state index in [9.17, 15) is 18.0 Å². The summed E-state index contributed by atoms with van der Waals surface area (Å²) in [5.74, 6) is -0.500. The molecule has 0 aliphatic carbocycles. The minimum atomic E-state index is -4.38. The van der Waals surface area contributed by atoms with E-state index < -0.39 is 24.7 Å². The van der Waals surface area contributed by atoms with Gasteiger partial charge in [0.25, 0.3) is 0 Å². The zero-order valence-corrected chi connectivity index (χ0v) is 14.5. The van der Waals surface area contributed by atoms with Crippen molar-refractivity contribution in [2.45, 2.75) is 18.8 Å². The molecule has 2 N–H and O–H groups in total. The maximum Gasteiger partial charge on any atom is 0.405 e. The Hall–Kier alpha value is -0.840. The van der Waals surface area contributed by atoms with Gasteiger partial charge in [0, 0.05) is 38.9 Å². The average Bonchev–Trinajstić information content (AvgIpc) is 2.84. The Morgan fingerprint density at radius 1 is 1.43 bits per heavy atom. The molecule has 1 fully saturated rings. The fourth-order valence-electron chi connectivity index (χ4n) is 2.28. The standard InChI is InChI=1S/C12H17BrF3N5O.ClH/c13-9-5-19-21(7-9)8-11(22)18-6-10(12(14,15)16)20-3-1-17-2-4-20;/h5,7,10,17H,1-4,6,8H2,(H,18,22);1H. The Kier molecular flexibility index (Phi) is 7.78. The molecule has 11 heteroatoms. The van der Waals surface area contributed by atoms with E-state index in [1.54, 1.807) is 6.20 Å². The number of piperazine rings is 1. The first-order valence-electron chi connectivity index (χ1n) is 6.82. The quantitative estimate of drug-likeness (QED) is 0.747. The van der Waals surface area contributed by atoms with Gasteiger partial charge >= 0.3 is 6.18 Å². The number of nitrogens with one attached hydrogen (secondary N) is 2. The Balaban J connectivity index is 0.00000264. The summed E-state index contributed by atoms with van der Waals surface area (Å²) in [6.45, 7) is 1.09. The molecule has 1 aliphatic rings. The van der Waals surface area contributed by atoms with E-state index in [0.717, 1.165) is 0 Å². The van der Waals surface area contributed by atoms with Crippen LogP contribution >= 0.6 is 28.3 Å². The van der Waals surface area contributed by atoms with Crippen molar-refractivity contribution >= 4 is 34.2 Å². The third-order valence-electron chi connectivity index (χ3n) is 3.37. The van der Waals surface area contributed by atoms with Crippen LogP contribution in [0, 0.1) is 0 Å². The molecule has 1 aliphatic heterocycles. The van der Waals surface area contributed by atoms with Crippen LogP contribution in [0.1, 0.15) is 0 Å². The maximum absolute atomic E-state index is 13.1. The first-order chi connectivity index (χ1) is 10.4. The lowest BCUT2D eigenvalue weighted by Gasteiger charge is -2.35. The van der Waals surface area contributed by atoms with Crippen LogP contribution in [-0.2, 0) is 11.3 Å². The fourth-order valence-corrected chi connectivity index (χ4v) is 2.61. The van der Waals surface area contributed by atoms with E-state index in [1.807, 2.05) is 0 Å². The molecule has 0 spiro atoms. The first kappa shape index (κ1) is 20.2. The van der Waals surface area contributed by atoms with Crippen LogP contribution < -0.4 is 10.6 Å². The largest absolute Gasteiger partial charge is 0.405 e. The summed E-state index contributed by atoms with van der Waals surface area (Å²) in [6, 6.07) is -1.66. The molecule has 0 saturated carbocycles. The van der Waals surface area contributed by atoms with Gasteiger partial charge in [-0.3, -0.25) is 14.4 Å². The van der Waals surface area contributed by atoms with Crippen molar-refractivity contribution in [3.63, 3.8) is 0 Å². The van der Waals surface area contributed by atoms with Gasteiger partial charge < -0.3 is 10.6 Å². The second kappa shape index (κ2) is 8.86. The number of hydrogen-bond donors (Lipinski definition) is 2. The van der Waals surface area contributed by atoms with Crippen LogP contribution in [0.5, 0.6) is 0 Å². The van der Waals surface area contributed by atoms with Crippen molar-refractivity contribution in [1.29, 1.82) is 0 Å². The molecule has 0 aromatic carbocycles. The Bertz CT molecular complexity index is 507. The SMILES string of the molecule is Cl.O=C(Cn1cc(Br)cn1)NCC(N1CCNCC1)C(F)(F)F. The smallest absolute Gasteiger partial charge is 0.353 e. The van der Waals surface area contributed by atoms with Crippen LogP contribution in [0.3, 0.4) is 0 Å². The topological polar surface area (TPSA) is 62.2 Å². The molecule has 0 radical (unpaired) electrons. The summed E-state index contributed by atoms with van der Waals surface area (Å²) < 4.78 is 41.5. The van der Waals surface area contributed by atoms with Crippen molar-refractivity contribution in [3.8, 4) is 0 Å². The zero-order valence-electron chi connectivity index (χ0n) is 12.1. The first-order valence-corrected chi connectivity index (χ1v) is 7.61. The van der Waals surface area contributed by atoms with Gasteiger partial charge in [0.15, 0.2) is 0 Å². The van der Waals surface area contributed by atoms with E-state index in [2.05, 4.69) is 31.7 Å². The third kappa shape index (κ3) is 6.28. The average molecular weight is 421 g/mol. The van der Waals surface area contributed by atoms with Crippen molar-refractivity contribution in [2.75, 3.05) is 32.7 Å². The highest BCUT2D eigenvalue weighted by Gasteiger charge is 2.43. The molecule has 1 aromatic rings. The van der Waals surface area contributed by atoms with Gasteiger partial charge in [-0.15, -0.1) is 12.4 Å². The number of nitrogens with zero attached hydrogens (tertiary/aromatic N) is 3. The van der Waals surface area contributed by atoms with Gasteiger partial charge in [-0.05, 0) is 15.9 Å². The number of rotatable bonds is 5. The summed E-state index contributed by atoms with van der Waals surface area (Å²) >= 11 is 3.19. The van der Waals surface area contributed by atoms with Crippen LogP contribution in [0.25, 0.3) is 0 Å². The molecule has 1 atom stereocenters. The van der Waals surface area contributed by atoms with Gasteiger partial charge in [-0.1, -0.05) is 0 Å². The number of aromatic nitrogens is 2. The highest BCUT2D eigenvalue weighted by atomic mass is 79.9. The predicted molar refractivity (Wildman–Crippen MR) is 84.5 cm³/mol. The number of carbonyl (C=O) groups excluding carboxylic acids is 1. The minimum absolute atomic E-state index is 0. The fraction of sp³-hybridized carbons (Fsp3) is 0.667. The number of carbonyl (C=O) groups is 1. The number of amides is 1. The number of halogens is 5. The van der Waals surface area contributed by atoms with Crippen LogP contribution in [0.2, 0.25) is 0 Å². The highest BCUT2D eigenvalue weighted by Crippen LogP contribution is 2.24. The molecule has 1 unspecified atom stereocenters. The van der Waals surface area contributed by atoms with Crippen molar-refractivity contribution < 1.29 is 18.0 Å². The van der Waals surface area contributed by atoms with E-state index in [0.29, 0.717) is 30.7 Å². The predicted octanol–water partition coefficient (Wildman–Crippen LogP) is 1.02. The zero-order chi connectivity index (χ0) is 16.2. The van der Waals surface area contributed by atoms with E-state index in [4.69, 9.17) is 0 Å². The second-order valence-corrected chi connectivity index (χ2v) is 5.92. The molecule has 132 valence electrons. The second-order valence-electron chi connectivity index (χ2n) is 5.00. The van der Waals surface area contributed by atoms with Gasteiger partial charge in [-0.2, -0.15) is 18.3 Å². The lowest BCUT2D eigenvalue weighted by Crippen LogP contribution is -2.57. The van der Waals surface area contributed by atoms with Crippen LogP contribution in [0.4, 0.5) is 13.2 Å². The summed E-state index contributed by atoms with van der Waals surface area (Å²) in [5.41, 5.74) is 0. The molecule has 1 aromatic heterocycles. The molecular formula is C12H18BrClF3N5O. The number of alkyl halides is 3. The minimum Gasteiger partial charge on any atom is -0.353 e. The lowest BCUT2D eigenvalue weighted by molar-refractivity contribution is -0.184. The molecule has 2 rings (SSSR count). The van der Waals surface area contributed by atoms with Gasteiger partial charge in [0.1, 0.15) is 12.6 Å². The Labute approximate surface area is 146 Å². The molecule has 1 saturated heterocycles. The van der Waals surface area contributed by atoms with Crippen LogP contribution in [-0.4, -0.2) is 65.5 Å². The molecular weight excluding hydrogens is 403 g/mol. The third-order valence-corrected chi connectivity index (χ3v) is 3.78. The molecule has 1 amide bonds. The van der Waals surface area contributed by atoms with E-state index >= 15 is 0 Å². The maximum atomic E-state index is 13.1. The van der Waals surface area contributed by atoms with Crippen LogP contribution in [0.15, 0.2) is 16.9 Å². The Morgan fingerprint density at radius 2 is 2.09 bits per heavy atom. The van der Waals surface area contributed by atoms with Crippen molar-refractivity contribution in [3.05, 3.63) is 16.9 Å². The number of hydrogen-bond acceptors (Lipinski definition) is 4. The summed E-state index contributed by atoms with van der Waals surface area (Å²) in [4.78, 5) is 13.1. The molecule has 2 heterocycles. The van der Waals surface area contributed by atoms with E-state index in [-0.39, 0.29) is 19.0 Å². The normalized spacial score (nSPS) is 17.4. The van der Waals surface area contributed by atoms with E-state index in [1.165, 1.54) is 15.8 Å². The highest BCUT2D eigenvalue weighted by molar-refractivity contribution is 9.10. The summed E-state index contributed by atoms with van der Waals surface area (Å²) in [7, 11) is 0.